The van der Waals surface area contributed by atoms with Crippen molar-refractivity contribution in [1.29, 1.82) is 0 Å². The third-order valence-corrected chi connectivity index (χ3v) is 5.33. The molecule has 2 aromatic carbocycles. The van der Waals surface area contributed by atoms with Crippen molar-refractivity contribution in [2.45, 2.75) is 25.7 Å². The maximum Gasteiger partial charge on any atom is 0.262 e. The predicted octanol–water partition coefficient (Wildman–Crippen LogP) is 3.65. The second-order valence-corrected chi connectivity index (χ2v) is 6.99. The van der Waals surface area contributed by atoms with Crippen LogP contribution in [-0.4, -0.2) is 8.42 Å². The Kier molecular flexibility index (Phi) is 4.16. The SMILES string of the molecule is Cc1cccc(Cl)c1NS(=O)(=O)c1c(C)ccc(N)c1C. The van der Waals surface area contributed by atoms with Crippen LogP contribution in [0.2, 0.25) is 5.02 Å². The van der Waals surface area contributed by atoms with Crippen LogP contribution in [0, 0.1) is 20.8 Å². The van der Waals surface area contributed by atoms with Crippen molar-refractivity contribution < 1.29 is 8.42 Å². The number of halogens is 1. The summed E-state index contributed by atoms with van der Waals surface area (Å²) in [5.74, 6) is 0. The zero-order valence-corrected chi connectivity index (χ0v) is 13.6. The Morgan fingerprint density at radius 2 is 1.71 bits per heavy atom. The van der Waals surface area contributed by atoms with E-state index in [4.69, 9.17) is 17.3 Å². The van der Waals surface area contributed by atoms with Crippen LogP contribution in [0.25, 0.3) is 0 Å². The molecular formula is C15H17ClN2O2S. The highest BCUT2D eigenvalue weighted by atomic mass is 35.5. The highest BCUT2D eigenvalue weighted by Crippen LogP contribution is 2.31. The van der Waals surface area contributed by atoms with E-state index in [0.29, 0.717) is 27.5 Å². The molecule has 0 aromatic heterocycles. The minimum atomic E-state index is -3.76. The van der Waals surface area contributed by atoms with Gasteiger partial charge in [-0.2, -0.15) is 0 Å². The molecule has 0 saturated carbocycles. The topological polar surface area (TPSA) is 72.2 Å². The first-order valence-corrected chi connectivity index (χ1v) is 8.24. The molecule has 0 atom stereocenters. The molecule has 0 unspecified atom stereocenters. The van der Waals surface area contributed by atoms with E-state index >= 15 is 0 Å². The first-order valence-electron chi connectivity index (χ1n) is 6.37. The average molecular weight is 325 g/mol. The number of hydrogen-bond acceptors (Lipinski definition) is 3. The van der Waals surface area contributed by atoms with E-state index in [1.807, 2.05) is 0 Å². The first-order chi connectivity index (χ1) is 9.74. The number of para-hydroxylation sites is 1. The molecule has 0 aliphatic carbocycles. The minimum absolute atomic E-state index is 0.196. The highest BCUT2D eigenvalue weighted by Gasteiger charge is 2.22. The number of nitrogen functional groups attached to an aromatic ring is 1. The van der Waals surface area contributed by atoms with Crippen LogP contribution in [0.4, 0.5) is 11.4 Å². The molecule has 0 fully saturated rings. The van der Waals surface area contributed by atoms with Crippen molar-refractivity contribution in [3.63, 3.8) is 0 Å². The Morgan fingerprint density at radius 1 is 1.05 bits per heavy atom. The fourth-order valence-corrected chi connectivity index (χ4v) is 4.18. The Labute approximate surface area is 130 Å². The molecule has 0 aliphatic heterocycles. The summed E-state index contributed by atoms with van der Waals surface area (Å²) in [4.78, 5) is 0.196. The van der Waals surface area contributed by atoms with E-state index in [1.165, 1.54) is 0 Å². The number of rotatable bonds is 3. The molecular weight excluding hydrogens is 308 g/mol. The van der Waals surface area contributed by atoms with Crippen molar-refractivity contribution in [3.05, 3.63) is 52.0 Å². The fourth-order valence-electron chi connectivity index (χ4n) is 2.20. The standard InChI is InChI=1S/C15H17ClN2O2S/c1-9-5-4-6-12(16)14(9)18-21(19,20)15-10(2)7-8-13(17)11(15)3/h4-8,18H,17H2,1-3H3. The van der Waals surface area contributed by atoms with E-state index in [2.05, 4.69) is 4.72 Å². The third kappa shape index (κ3) is 2.99. The van der Waals surface area contributed by atoms with Crippen molar-refractivity contribution in [2.75, 3.05) is 10.5 Å². The Morgan fingerprint density at radius 3 is 2.33 bits per heavy atom. The van der Waals surface area contributed by atoms with Gasteiger partial charge in [-0.05, 0) is 49.6 Å². The lowest BCUT2D eigenvalue weighted by Gasteiger charge is -2.16. The van der Waals surface area contributed by atoms with Crippen LogP contribution in [-0.2, 0) is 10.0 Å². The predicted molar refractivity (Wildman–Crippen MR) is 87.3 cm³/mol. The van der Waals surface area contributed by atoms with Crippen molar-refractivity contribution in [1.82, 2.24) is 0 Å². The maximum atomic E-state index is 12.7. The van der Waals surface area contributed by atoms with Crippen LogP contribution in [0.5, 0.6) is 0 Å². The molecule has 112 valence electrons. The summed E-state index contributed by atoms with van der Waals surface area (Å²) < 4.78 is 27.9. The number of anilines is 2. The zero-order valence-electron chi connectivity index (χ0n) is 12.1. The van der Waals surface area contributed by atoms with Crippen LogP contribution in [0.1, 0.15) is 16.7 Å². The molecule has 21 heavy (non-hydrogen) atoms. The first kappa shape index (κ1) is 15.7. The number of nitrogens with one attached hydrogen (secondary N) is 1. The number of nitrogens with two attached hydrogens (primary N) is 1. The Hall–Kier alpha value is -1.72. The van der Waals surface area contributed by atoms with Gasteiger partial charge in [-0.25, -0.2) is 8.42 Å². The lowest BCUT2D eigenvalue weighted by molar-refractivity contribution is 0.600. The number of aryl methyl sites for hydroxylation is 2. The van der Waals surface area contributed by atoms with E-state index in [0.717, 1.165) is 5.56 Å². The van der Waals surface area contributed by atoms with E-state index in [9.17, 15) is 8.42 Å². The van der Waals surface area contributed by atoms with Gasteiger partial charge in [0.1, 0.15) is 0 Å². The van der Waals surface area contributed by atoms with E-state index in [1.54, 1.807) is 51.1 Å². The maximum absolute atomic E-state index is 12.7. The molecule has 2 rings (SSSR count). The average Bonchev–Trinajstić information content (AvgIpc) is 2.39. The molecule has 6 heteroatoms. The molecule has 4 nitrogen and oxygen atoms in total. The number of hydrogen-bond donors (Lipinski definition) is 2. The Bertz CT molecular complexity index is 781. The largest absolute Gasteiger partial charge is 0.398 e. The second-order valence-electron chi connectivity index (χ2n) is 4.96. The van der Waals surface area contributed by atoms with Crippen molar-refractivity contribution >= 4 is 33.0 Å². The van der Waals surface area contributed by atoms with Crippen LogP contribution >= 0.6 is 11.6 Å². The van der Waals surface area contributed by atoms with Gasteiger partial charge >= 0.3 is 0 Å². The van der Waals surface area contributed by atoms with Gasteiger partial charge in [-0.3, -0.25) is 4.72 Å². The minimum Gasteiger partial charge on any atom is -0.398 e. The van der Waals surface area contributed by atoms with Crippen LogP contribution in [0.15, 0.2) is 35.2 Å². The summed E-state index contributed by atoms with van der Waals surface area (Å²) in [5.41, 5.74) is 8.58. The number of benzene rings is 2. The summed E-state index contributed by atoms with van der Waals surface area (Å²) in [6.45, 7) is 5.22. The quantitative estimate of drug-likeness (QED) is 0.846. The molecule has 3 N–H and O–H groups in total. The molecule has 0 bridgehead atoms. The Balaban J connectivity index is 2.57. The smallest absolute Gasteiger partial charge is 0.262 e. The van der Waals surface area contributed by atoms with Crippen LogP contribution in [0.3, 0.4) is 0 Å². The van der Waals surface area contributed by atoms with Gasteiger partial charge in [0.15, 0.2) is 0 Å². The molecule has 2 aromatic rings. The van der Waals surface area contributed by atoms with Crippen molar-refractivity contribution in [2.24, 2.45) is 0 Å². The lowest BCUT2D eigenvalue weighted by Crippen LogP contribution is -2.17. The molecule has 0 spiro atoms. The highest BCUT2D eigenvalue weighted by molar-refractivity contribution is 7.92. The van der Waals surface area contributed by atoms with Gasteiger partial charge in [-0.1, -0.05) is 29.8 Å². The number of sulfonamides is 1. The summed E-state index contributed by atoms with van der Waals surface area (Å²) in [7, 11) is -3.76. The monoisotopic (exact) mass is 324 g/mol. The second kappa shape index (κ2) is 5.58. The van der Waals surface area contributed by atoms with Gasteiger partial charge in [-0.15, -0.1) is 0 Å². The molecule has 0 radical (unpaired) electrons. The molecule has 0 amide bonds. The summed E-state index contributed by atoms with van der Waals surface area (Å²) >= 11 is 6.08. The van der Waals surface area contributed by atoms with E-state index in [-0.39, 0.29) is 4.90 Å². The van der Waals surface area contributed by atoms with E-state index < -0.39 is 10.0 Å². The van der Waals surface area contributed by atoms with Gasteiger partial charge < -0.3 is 5.73 Å². The van der Waals surface area contributed by atoms with Gasteiger partial charge in [0.25, 0.3) is 10.0 Å². The fraction of sp³-hybridized carbons (Fsp3) is 0.200. The van der Waals surface area contributed by atoms with Gasteiger partial charge in [0.2, 0.25) is 0 Å². The third-order valence-electron chi connectivity index (χ3n) is 3.37. The zero-order chi connectivity index (χ0) is 15.8. The molecule has 0 saturated heterocycles. The van der Waals surface area contributed by atoms with Gasteiger partial charge in [0, 0.05) is 5.69 Å². The van der Waals surface area contributed by atoms with Crippen molar-refractivity contribution in [3.8, 4) is 0 Å². The summed E-state index contributed by atoms with van der Waals surface area (Å²) in [5, 5.41) is 0.359. The van der Waals surface area contributed by atoms with Crippen LogP contribution < -0.4 is 10.5 Å². The summed E-state index contributed by atoms with van der Waals surface area (Å²) in [6, 6.07) is 8.60. The summed E-state index contributed by atoms with van der Waals surface area (Å²) in [6.07, 6.45) is 0. The molecule has 0 heterocycles. The lowest BCUT2D eigenvalue weighted by atomic mass is 10.1. The normalized spacial score (nSPS) is 11.4. The van der Waals surface area contributed by atoms with Gasteiger partial charge in [0.05, 0.1) is 15.6 Å². The molecule has 0 aliphatic rings.